The Labute approximate surface area is 134 Å². The van der Waals surface area contributed by atoms with Crippen molar-refractivity contribution in [1.29, 1.82) is 0 Å². The number of nitrogens with zero attached hydrogens (tertiary/aromatic N) is 2. The predicted octanol–water partition coefficient (Wildman–Crippen LogP) is 2.41. The predicted molar refractivity (Wildman–Crippen MR) is 80.5 cm³/mol. The third-order valence-electron chi connectivity index (χ3n) is 4.91. The summed E-state index contributed by atoms with van der Waals surface area (Å²) in [5.74, 6) is 0.440. The number of aromatic nitrogens is 2. The van der Waals surface area contributed by atoms with E-state index in [0.29, 0.717) is 30.5 Å². The SMILES string of the molecule is CC(C)C(NC(=O)CC1(C(=O)O)CCC1)c1nc(C2CC2)no1. The lowest BCUT2D eigenvalue weighted by Crippen LogP contribution is -2.43. The molecule has 23 heavy (non-hydrogen) atoms. The van der Waals surface area contributed by atoms with Crippen LogP contribution in [-0.2, 0) is 9.59 Å². The minimum Gasteiger partial charge on any atom is -0.481 e. The van der Waals surface area contributed by atoms with E-state index in [2.05, 4.69) is 15.5 Å². The van der Waals surface area contributed by atoms with Gasteiger partial charge in [0.15, 0.2) is 5.82 Å². The molecule has 0 saturated heterocycles. The summed E-state index contributed by atoms with van der Waals surface area (Å²) in [5.41, 5.74) is -0.889. The lowest BCUT2D eigenvalue weighted by molar-refractivity contribution is -0.157. The van der Waals surface area contributed by atoms with Gasteiger partial charge in [-0.2, -0.15) is 4.98 Å². The Hall–Kier alpha value is -1.92. The van der Waals surface area contributed by atoms with Crippen molar-refractivity contribution in [2.45, 2.75) is 64.3 Å². The highest BCUT2D eigenvalue weighted by atomic mass is 16.5. The highest BCUT2D eigenvalue weighted by molar-refractivity contribution is 5.85. The van der Waals surface area contributed by atoms with Gasteiger partial charge in [-0.05, 0) is 31.6 Å². The number of carboxylic acid groups (broad SMARTS) is 1. The summed E-state index contributed by atoms with van der Waals surface area (Å²) < 4.78 is 5.32. The van der Waals surface area contributed by atoms with Crippen molar-refractivity contribution in [2.24, 2.45) is 11.3 Å². The maximum atomic E-state index is 12.3. The van der Waals surface area contributed by atoms with Crippen LogP contribution in [0, 0.1) is 11.3 Å². The van der Waals surface area contributed by atoms with E-state index in [-0.39, 0.29) is 24.3 Å². The van der Waals surface area contributed by atoms with Gasteiger partial charge in [0, 0.05) is 12.3 Å². The molecular weight excluding hydrogens is 298 g/mol. The van der Waals surface area contributed by atoms with Gasteiger partial charge in [0.1, 0.15) is 6.04 Å². The lowest BCUT2D eigenvalue weighted by atomic mass is 9.66. The first-order valence-electron chi connectivity index (χ1n) is 8.27. The molecule has 1 amide bonds. The molecule has 2 fully saturated rings. The van der Waals surface area contributed by atoms with E-state index < -0.39 is 11.4 Å². The second kappa shape index (κ2) is 5.94. The first-order chi connectivity index (χ1) is 10.9. The maximum Gasteiger partial charge on any atom is 0.310 e. The van der Waals surface area contributed by atoms with Gasteiger partial charge in [0.2, 0.25) is 11.8 Å². The molecule has 1 unspecified atom stereocenters. The zero-order valence-electron chi connectivity index (χ0n) is 13.5. The molecule has 0 bridgehead atoms. The Morgan fingerprint density at radius 1 is 1.39 bits per heavy atom. The first-order valence-corrected chi connectivity index (χ1v) is 8.27. The summed E-state index contributed by atoms with van der Waals surface area (Å²) in [6, 6.07) is -0.381. The largest absolute Gasteiger partial charge is 0.481 e. The molecule has 2 saturated carbocycles. The average molecular weight is 321 g/mol. The van der Waals surface area contributed by atoms with Crippen LogP contribution >= 0.6 is 0 Å². The van der Waals surface area contributed by atoms with Crippen LogP contribution in [0.15, 0.2) is 4.52 Å². The quantitative estimate of drug-likeness (QED) is 0.799. The number of aliphatic carboxylic acids is 1. The molecule has 0 radical (unpaired) electrons. The number of nitrogens with one attached hydrogen (secondary N) is 1. The Kier molecular flexibility index (Phi) is 4.12. The molecule has 1 aromatic heterocycles. The molecular formula is C16H23N3O4. The van der Waals surface area contributed by atoms with Crippen LogP contribution in [0.4, 0.5) is 0 Å². The van der Waals surface area contributed by atoms with E-state index in [0.717, 1.165) is 19.3 Å². The van der Waals surface area contributed by atoms with Crippen molar-refractivity contribution in [3.05, 3.63) is 11.7 Å². The highest BCUT2D eigenvalue weighted by Crippen LogP contribution is 2.44. The lowest BCUT2D eigenvalue weighted by Gasteiger charge is -2.37. The molecule has 1 aromatic rings. The van der Waals surface area contributed by atoms with Crippen LogP contribution in [0.5, 0.6) is 0 Å². The zero-order chi connectivity index (χ0) is 16.6. The van der Waals surface area contributed by atoms with E-state index in [1.54, 1.807) is 0 Å². The Bertz CT molecular complexity index is 602. The van der Waals surface area contributed by atoms with E-state index in [1.165, 1.54) is 0 Å². The van der Waals surface area contributed by atoms with E-state index in [9.17, 15) is 14.7 Å². The number of hydrogen-bond acceptors (Lipinski definition) is 5. The molecule has 126 valence electrons. The average Bonchev–Trinajstić information content (AvgIpc) is 3.18. The van der Waals surface area contributed by atoms with Crippen molar-refractivity contribution in [3.63, 3.8) is 0 Å². The van der Waals surface area contributed by atoms with Crippen molar-refractivity contribution >= 4 is 11.9 Å². The fourth-order valence-electron chi connectivity index (χ4n) is 3.00. The summed E-state index contributed by atoms with van der Waals surface area (Å²) >= 11 is 0. The summed E-state index contributed by atoms with van der Waals surface area (Å²) in [7, 11) is 0. The van der Waals surface area contributed by atoms with E-state index in [1.807, 2.05) is 13.8 Å². The molecule has 3 rings (SSSR count). The zero-order valence-corrected chi connectivity index (χ0v) is 13.5. The molecule has 1 heterocycles. The summed E-state index contributed by atoms with van der Waals surface area (Å²) in [4.78, 5) is 28.1. The molecule has 2 aliphatic rings. The third kappa shape index (κ3) is 3.23. The van der Waals surface area contributed by atoms with Crippen LogP contribution in [0.25, 0.3) is 0 Å². The molecule has 0 aliphatic heterocycles. The molecule has 0 spiro atoms. The normalized spacial score (nSPS) is 20.8. The van der Waals surface area contributed by atoms with Crippen LogP contribution in [0.2, 0.25) is 0 Å². The van der Waals surface area contributed by atoms with Gasteiger partial charge in [-0.3, -0.25) is 9.59 Å². The molecule has 7 nitrogen and oxygen atoms in total. The maximum absolute atomic E-state index is 12.3. The van der Waals surface area contributed by atoms with Crippen molar-refractivity contribution in [3.8, 4) is 0 Å². The molecule has 7 heteroatoms. The molecule has 0 aromatic carbocycles. The van der Waals surface area contributed by atoms with Crippen LogP contribution in [0.1, 0.15) is 76.0 Å². The van der Waals surface area contributed by atoms with E-state index >= 15 is 0 Å². The summed E-state index contributed by atoms with van der Waals surface area (Å²) in [6.07, 6.45) is 4.16. The van der Waals surface area contributed by atoms with Crippen LogP contribution in [-0.4, -0.2) is 27.1 Å². The number of carboxylic acids is 1. The fourth-order valence-corrected chi connectivity index (χ4v) is 3.00. The van der Waals surface area contributed by atoms with Gasteiger partial charge in [0.05, 0.1) is 5.41 Å². The minimum atomic E-state index is -0.889. The fraction of sp³-hybridized carbons (Fsp3) is 0.750. The number of carbonyl (C=O) groups is 2. The molecule has 1 atom stereocenters. The standard InChI is InChI=1S/C16H23N3O4/c1-9(2)12(14-18-13(19-23-14)10-4-5-10)17-11(20)8-16(15(21)22)6-3-7-16/h9-10,12H,3-8H2,1-2H3,(H,17,20)(H,21,22). The smallest absolute Gasteiger partial charge is 0.310 e. The minimum absolute atomic E-state index is 0.00910. The second-order valence-electron chi connectivity index (χ2n) is 7.17. The summed E-state index contributed by atoms with van der Waals surface area (Å²) in [6.45, 7) is 3.92. The van der Waals surface area contributed by atoms with Gasteiger partial charge < -0.3 is 14.9 Å². The van der Waals surface area contributed by atoms with Gasteiger partial charge in [-0.25, -0.2) is 0 Å². The van der Waals surface area contributed by atoms with E-state index in [4.69, 9.17) is 4.52 Å². The third-order valence-corrected chi connectivity index (χ3v) is 4.91. The van der Waals surface area contributed by atoms with Crippen molar-refractivity contribution in [2.75, 3.05) is 0 Å². The number of hydrogen-bond donors (Lipinski definition) is 2. The molecule has 2 aliphatic carbocycles. The topological polar surface area (TPSA) is 105 Å². The first kappa shape index (κ1) is 16.0. The van der Waals surface area contributed by atoms with Crippen LogP contribution < -0.4 is 5.32 Å². The second-order valence-corrected chi connectivity index (χ2v) is 7.17. The Morgan fingerprint density at radius 2 is 2.09 bits per heavy atom. The van der Waals surface area contributed by atoms with Crippen molar-refractivity contribution in [1.82, 2.24) is 15.5 Å². The van der Waals surface area contributed by atoms with Crippen LogP contribution in [0.3, 0.4) is 0 Å². The van der Waals surface area contributed by atoms with Crippen molar-refractivity contribution < 1.29 is 19.2 Å². The number of carbonyl (C=O) groups excluding carboxylic acids is 1. The number of rotatable bonds is 7. The van der Waals surface area contributed by atoms with Gasteiger partial charge in [0.25, 0.3) is 0 Å². The van der Waals surface area contributed by atoms with Gasteiger partial charge >= 0.3 is 5.97 Å². The Morgan fingerprint density at radius 3 is 2.57 bits per heavy atom. The number of amides is 1. The van der Waals surface area contributed by atoms with Gasteiger partial charge in [-0.1, -0.05) is 25.4 Å². The molecule has 2 N–H and O–H groups in total. The highest BCUT2D eigenvalue weighted by Gasteiger charge is 2.46. The Balaban J connectivity index is 1.66. The summed E-state index contributed by atoms with van der Waals surface area (Å²) in [5, 5.41) is 16.2. The monoisotopic (exact) mass is 321 g/mol. The van der Waals surface area contributed by atoms with Gasteiger partial charge in [-0.15, -0.1) is 0 Å².